The minimum atomic E-state index is 0. The topological polar surface area (TPSA) is 29.1 Å². The molecule has 0 saturated carbocycles. The Bertz CT molecular complexity index is 79.4. The third kappa shape index (κ3) is 8.82. The fraction of sp³-hybridized carbons (Fsp3) is 0.800. The Kier molecular flexibility index (Phi) is 12.2. The van der Waals surface area contributed by atoms with E-state index < -0.39 is 0 Å². The van der Waals surface area contributed by atoms with Crippen molar-refractivity contribution in [2.75, 3.05) is 12.3 Å². The van der Waals surface area contributed by atoms with Crippen LogP contribution in [-0.2, 0) is 4.79 Å². The van der Waals surface area contributed by atoms with Crippen LogP contribution < -0.4 is 5.32 Å². The van der Waals surface area contributed by atoms with E-state index in [1.54, 1.807) is 0 Å². The van der Waals surface area contributed by atoms with Gasteiger partial charge in [-0.25, -0.2) is 0 Å². The van der Waals surface area contributed by atoms with Gasteiger partial charge in [0.15, 0.2) is 0 Å². The van der Waals surface area contributed by atoms with Crippen molar-refractivity contribution in [3.05, 3.63) is 0 Å². The molecule has 0 aliphatic heterocycles. The molecule has 1 amide bonds. The number of rotatable bonds is 3. The van der Waals surface area contributed by atoms with Crippen molar-refractivity contribution in [3.63, 3.8) is 0 Å². The molecule has 0 rings (SSSR count). The zero-order chi connectivity index (χ0) is 6.41. The Hall–Kier alpha value is 0.820. The first-order chi connectivity index (χ1) is 3.81. The summed E-state index contributed by atoms with van der Waals surface area (Å²) in [6, 6.07) is 0. The summed E-state index contributed by atoms with van der Waals surface area (Å²) in [6.45, 7) is 2.50. The molecule has 50 valence electrons. The Morgan fingerprint density at radius 3 is 2.56 bits per heavy atom. The van der Waals surface area contributed by atoms with E-state index >= 15 is 0 Å². The normalized spacial score (nSPS) is 7.78. The molecule has 0 bridgehead atoms. The van der Waals surface area contributed by atoms with Gasteiger partial charge in [-0.05, 0) is 0 Å². The second kappa shape index (κ2) is 8.82. The molecule has 9 heavy (non-hydrogen) atoms. The predicted molar refractivity (Wildman–Crippen MR) is 44.3 cm³/mol. The van der Waals surface area contributed by atoms with E-state index in [4.69, 9.17) is 0 Å². The van der Waals surface area contributed by atoms with E-state index in [9.17, 15) is 4.79 Å². The van der Waals surface area contributed by atoms with Crippen molar-refractivity contribution in [2.24, 2.45) is 0 Å². The van der Waals surface area contributed by atoms with Gasteiger partial charge in [0.2, 0.25) is 5.91 Å². The molecule has 0 aromatic rings. The summed E-state index contributed by atoms with van der Waals surface area (Å²) >= 11 is 3.92. The van der Waals surface area contributed by atoms with Crippen LogP contribution in [0.3, 0.4) is 0 Å². The van der Waals surface area contributed by atoms with Crippen molar-refractivity contribution in [3.8, 4) is 0 Å². The molecule has 0 unspecified atom stereocenters. The van der Waals surface area contributed by atoms with Crippen LogP contribution in [0.5, 0.6) is 0 Å². The average molecular weight is 157 g/mol. The van der Waals surface area contributed by atoms with Gasteiger partial charge in [-0.1, -0.05) is 6.92 Å². The van der Waals surface area contributed by atoms with Gasteiger partial charge in [0.25, 0.3) is 0 Å². The number of hydrogen-bond donors (Lipinski definition) is 2. The van der Waals surface area contributed by atoms with Gasteiger partial charge < -0.3 is 5.32 Å². The second-order valence-electron chi connectivity index (χ2n) is 1.43. The summed E-state index contributed by atoms with van der Waals surface area (Å²) in [5.74, 6) is 0.810. The third-order valence-corrected chi connectivity index (χ3v) is 0.979. The van der Waals surface area contributed by atoms with Crippen LogP contribution in [0.1, 0.15) is 13.3 Å². The minimum absolute atomic E-state index is 0. The first kappa shape index (κ1) is 12.5. The quantitative estimate of drug-likeness (QED) is 0.431. The Morgan fingerprint density at radius 2 is 2.22 bits per heavy atom. The molecule has 0 spiro atoms. The van der Waals surface area contributed by atoms with E-state index in [-0.39, 0.29) is 35.5 Å². The zero-order valence-corrected chi connectivity index (χ0v) is 5.87. The number of thiol groups is 1. The molecule has 0 saturated heterocycles. The number of carbonyl (C=O) groups is 1. The third-order valence-electron chi connectivity index (χ3n) is 0.755. The second-order valence-corrected chi connectivity index (χ2v) is 1.87. The van der Waals surface area contributed by atoms with E-state index in [0.717, 1.165) is 0 Å². The molecule has 2 nitrogen and oxygen atoms in total. The molecular weight excluding hydrogens is 145 g/mol. The van der Waals surface area contributed by atoms with Gasteiger partial charge in [0.05, 0.1) is 0 Å². The van der Waals surface area contributed by atoms with Gasteiger partial charge in [-0.15, -0.1) is 0 Å². The SMILES string of the molecule is CCC(=O)NCCS.[NaH]. The van der Waals surface area contributed by atoms with Crippen molar-refractivity contribution in [1.82, 2.24) is 5.32 Å². The molecule has 0 aromatic carbocycles. The average Bonchev–Trinajstić information content (AvgIpc) is 1.83. The van der Waals surface area contributed by atoms with Crippen molar-refractivity contribution in [1.29, 1.82) is 0 Å². The Morgan fingerprint density at radius 1 is 1.67 bits per heavy atom. The van der Waals surface area contributed by atoms with Crippen LogP contribution in [0.25, 0.3) is 0 Å². The predicted octanol–water partition coefficient (Wildman–Crippen LogP) is -0.206. The van der Waals surface area contributed by atoms with Crippen LogP contribution in [0, 0.1) is 0 Å². The first-order valence-electron chi connectivity index (χ1n) is 2.68. The van der Waals surface area contributed by atoms with Crippen molar-refractivity contribution < 1.29 is 4.79 Å². The summed E-state index contributed by atoms with van der Waals surface area (Å²) in [5.41, 5.74) is 0. The van der Waals surface area contributed by atoms with Crippen LogP contribution in [0.15, 0.2) is 0 Å². The first-order valence-corrected chi connectivity index (χ1v) is 3.32. The van der Waals surface area contributed by atoms with Gasteiger partial charge in [-0.2, -0.15) is 12.6 Å². The van der Waals surface area contributed by atoms with Gasteiger partial charge in [0.1, 0.15) is 0 Å². The molecular formula is C5H12NNaOS. The molecule has 0 heterocycles. The van der Waals surface area contributed by atoms with Crippen LogP contribution in [0.4, 0.5) is 0 Å². The fourth-order valence-electron chi connectivity index (χ4n) is 0.320. The van der Waals surface area contributed by atoms with E-state index in [1.165, 1.54) is 0 Å². The van der Waals surface area contributed by atoms with E-state index in [1.807, 2.05) is 6.92 Å². The fourth-order valence-corrected chi connectivity index (χ4v) is 0.432. The number of carbonyl (C=O) groups excluding carboxylic acids is 1. The summed E-state index contributed by atoms with van der Waals surface area (Å²) in [6.07, 6.45) is 0.563. The number of nitrogens with one attached hydrogen (secondary N) is 1. The molecule has 4 heteroatoms. The summed E-state index contributed by atoms with van der Waals surface area (Å²) in [4.78, 5) is 10.4. The van der Waals surface area contributed by atoms with Gasteiger partial charge in [-0.3, -0.25) is 4.79 Å². The van der Waals surface area contributed by atoms with E-state index in [0.29, 0.717) is 18.7 Å². The monoisotopic (exact) mass is 157 g/mol. The Labute approximate surface area is 83.5 Å². The van der Waals surface area contributed by atoms with Crippen LogP contribution in [0.2, 0.25) is 0 Å². The molecule has 0 fully saturated rings. The number of amides is 1. The maximum atomic E-state index is 10.4. The molecule has 0 aliphatic rings. The molecule has 1 N–H and O–H groups in total. The summed E-state index contributed by atoms with van der Waals surface area (Å²) in [7, 11) is 0. The maximum absolute atomic E-state index is 10.4. The van der Waals surface area contributed by atoms with Crippen molar-refractivity contribution in [2.45, 2.75) is 13.3 Å². The molecule has 0 radical (unpaired) electrons. The molecule has 0 aromatic heterocycles. The number of hydrogen-bond acceptors (Lipinski definition) is 2. The van der Waals surface area contributed by atoms with Crippen LogP contribution >= 0.6 is 12.6 Å². The van der Waals surface area contributed by atoms with E-state index in [2.05, 4.69) is 17.9 Å². The summed E-state index contributed by atoms with van der Waals surface area (Å²) < 4.78 is 0. The Balaban J connectivity index is 0. The zero-order valence-electron chi connectivity index (χ0n) is 4.98. The van der Waals surface area contributed by atoms with Gasteiger partial charge >= 0.3 is 29.6 Å². The van der Waals surface area contributed by atoms with Crippen LogP contribution in [-0.4, -0.2) is 47.8 Å². The van der Waals surface area contributed by atoms with Gasteiger partial charge in [0, 0.05) is 18.7 Å². The summed E-state index contributed by atoms with van der Waals surface area (Å²) in [5, 5.41) is 2.67. The standard InChI is InChI=1S/C5H11NOS.Na.H/c1-2-5(7)6-3-4-8;;/h8H,2-4H2,1H3,(H,6,7);;. The molecule has 0 aliphatic carbocycles. The van der Waals surface area contributed by atoms with Crippen molar-refractivity contribution >= 4 is 48.1 Å². The molecule has 0 atom stereocenters.